The lowest BCUT2D eigenvalue weighted by molar-refractivity contribution is 0.0728. The first-order chi connectivity index (χ1) is 12.1. The standard InChI is InChI=1S/C20H16BrNO3/c1-2-11-22-17(12-7-9-13(21)10-8-12)16-18(23)14-5-3-4-6-15(14)25-19(16)20(22)24/h3-10,17H,2,11H2,1H3/t17-/m1/s1. The summed E-state index contributed by atoms with van der Waals surface area (Å²) in [5.41, 5.74) is 1.68. The number of fused-ring (bicyclic) bond motifs is 2. The molecular weight excluding hydrogens is 382 g/mol. The third-order valence-electron chi connectivity index (χ3n) is 4.52. The summed E-state index contributed by atoms with van der Waals surface area (Å²) in [5, 5.41) is 0.509. The molecule has 0 saturated carbocycles. The van der Waals surface area contributed by atoms with E-state index >= 15 is 0 Å². The molecule has 1 aliphatic rings. The molecule has 0 saturated heterocycles. The summed E-state index contributed by atoms with van der Waals surface area (Å²) >= 11 is 3.43. The molecule has 25 heavy (non-hydrogen) atoms. The maximum absolute atomic E-state index is 13.1. The Morgan fingerprint density at radius 1 is 1.08 bits per heavy atom. The Labute approximate surface area is 153 Å². The van der Waals surface area contributed by atoms with E-state index in [9.17, 15) is 9.59 Å². The maximum Gasteiger partial charge on any atom is 0.290 e. The van der Waals surface area contributed by atoms with Crippen molar-refractivity contribution in [2.75, 3.05) is 6.54 Å². The van der Waals surface area contributed by atoms with Crippen LogP contribution in [0.2, 0.25) is 0 Å². The molecule has 0 N–H and O–H groups in total. The number of amides is 1. The zero-order chi connectivity index (χ0) is 17.6. The number of carbonyl (C=O) groups excluding carboxylic acids is 1. The number of carbonyl (C=O) groups is 1. The van der Waals surface area contributed by atoms with Crippen molar-refractivity contribution in [1.29, 1.82) is 0 Å². The molecule has 4 nitrogen and oxygen atoms in total. The topological polar surface area (TPSA) is 50.5 Å². The predicted molar refractivity (Wildman–Crippen MR) is 99.8 cm³/mol. The van der Waals surface area contributed by atoms with Gasteiger partial charge in [-0.3, -0.25) is 9.59 Å². The van der Waals surface area contributed by atoms with Crippen LogP contribution in [0.3, 0.4) is 0 Å². The molecule has 0 spiro atoms. The molecule has 4 rings (SSSR count). The number of rotatable bonds is 3. The van der Waals surface area contributed by atoms with Gasteiger partial charge in [-0.05, 0) is 36.2 Å². The summed E-state index contributed by atoms with van der Waals surface area (Å²) in [4.78, 5) is 27.8. The Kier molecular flexibility index (Phi) is 3.96. The average molecular weight is 398 g/mol. The van der Waals surface area contributed by atoms with Crippen molar-refractivity contribution < 1.29 is 9.21 Å². The van der Waals surface area contributed by atoms with E-state index in [1.807, 2.05) is 31.2 Å². The van der Waals surface area contributed by atoms with E-state index in [0.29, 0.717) is 23.1 Å². The van der Waals surface area contributed by atoms with Crippen molar-refractivity contribution in [3.63, 3.8) is 0 Å². The van der Waals surface area contributed by atoms with Crippen LogP contribution in [0.15, 0.2) is 62.2 Å². The van der Waals surface area contributed by atoms with Crippen LogP contribution in [0.25, 0.3) is 11.0 Å². The van der Waals surface area contributed by atoms with Crippen LogP contribution in [0.4, 0.5) is 0 Å². The predicted octanol–water partition coefficient (Wildman–Crippen LogP) is 4.51. The van der Waals surface area contributed by atoms with E-state index in [1.165, 1.54) is 0 Å². The third-order valence-corrected chi connectivity index (χ3v) is 5.05. The first-order valence-corrected chi connectivity index (χ1v) is 9.03. The van der Waals surface area contributed by atoms with Gasteiger partial charge in [-0.2, -0.15) is 0 Å². The van der Waals surface area contributed by atoms with Crippen molar-refractivity contribution in [2.24, 2.45) is 0 Å². The Balaban J connectivity index is 2.00. The minimum atomic E-state index is -0.406. The van der Waals surface area contributed by atoms with Crippen LogP contribution in [0, 0.1) is 0 Å². The SMILES string of the molecule is CCCN1C(=O)c2oc3ccccc3c(=O)c2[C@H]1c1ccc(Br)cc1. The summed E-state index contributed by atoms with van der Waals surface area (Å²) in [5.74, 6) is -0.0438. The summed E-state index contributed by atoms with van der Waals surface area (Å²) in [7, 11) is 0. The van der Waals surface area contributed by atoms with Gasteiger partial charge in [0.25, 0.3) is 5.91 Å². The molecule has 126 valence electrons. The molecule has 1 aromatic heterocycles. The molecule has 0 unspecified atom stereocenters. The quantitative estimate of drug-likeness (QED) is 0.652. The van der Waals surface area contributed by atoms with Crippen LogP contribution in [0.1, 0.15) is 41.1 Å². The van der Waals surface area contributed by atoms with E-state index in [1.54, 1.807) is 29.2 Å². The van der Waals surface area contributed by atoms with E-state index in [4.69, 9.17) is 4.42 Å². The third kappa shape index (κ3) is 2.50. The van der Waals surface area contributed by atoms with Gasteiger partial charge in [0.15, 0.2) is 5.43 Å². The largest absolute Gasteiger partial charge is 0.450 e. The molecule has 5 heteroatoms. The van der Waals surface area contributed by atoms with Gasteiger partial charge in [-0.1, -0.05) is 47.1 Å². The fourth-order valence-electron chi connectivity index (χ4n) is 3.43. The molecule has 1 atom stereocenters. The fraction of sp³-hybridized carbons (Fsp3) is 0.200. The van der Waals surface area contributed by atoms with Gasteiger partial charge in [0.2, 0.25) is 5.76 Å². The average Bonchev–Trinajstić information content (AvgIpc) is 2.89. The van der Waals surface area contributed by atoms with Gasteiger partial charge in [0.1, 0.15) is 5.58 Å². The Morgan fingerprint density at radius 2 is 1.80 bits per heavy atom. The van der Waals surface area contributed by atoms with Crippen molar-refractivity contribution >= 4 is 32.8 Å². The smallest absolute Gasteiger partial charge is 0.290 e. The number of hydrogen-bond acceptors (Lipinski definition) is 3. The monoisotopic (exact) mass is 397 g/mol. The van der Waals surface area contributed by atoms with E-state index in [-0.39, 0.29) is 17.1 Å². The van der Waals surface area contributed by atoms with Crippen molar-refractivity contribution in [3.8, 4) is 0 Å². The normalized spacial score (nSPS) is 16.5. The van der Waals surface area contributed by atoms with Gasteiger partial charge in [-0.15, -0.1) is 0 Å². The van der Waals surface area contributed by atoms with Crippen LogP contribution < -0.4 is 5.43 Å². The maximum atomic E-state index is 13.1. The number of hydrogen-bond donors (Lipinski definition) is 0. The van der Waals surface area contributed by atoms with Crippen LogP contribution in [0.5, 0.6) is 0 Å². The summed E-state index contributed by atoms with van der Waals surface area (Å²) in [6, 6.07) is 14.4. The second-order valence-electron chi connectivity index (χ2n) is 6.12. The molecule has 2 heterocycles. The zero-order valence-corrected chi connectivity index (χ0v) is 15.2. The summed E-state index contributed by atoms with van der Waals surface area (Å²) in [6.07, 6.45) is 0.806. The van der Waals surface area contributed by atoms with Crippen LogP contribution in [-0.2, 0) is 0 Å². The fourth-order valence-corrected chi connectivity index (χ4v) is 3.69. The summed E-state index contributed by atoms with van der Waals surface area (Å²) < 4.78 is 6.80. The lowest BCUT2D eigenvalue weighted by Crippen LogP contribution is -2.30. The molecule has 0 fully saturated rings. The van der Waals surface area contributed by atoms with E-state index in [2.05, 4.69) is 15.9 Å². The highest BCUT2D eigenvalue weighted by atomic mass is 79.9. The van der Waals surface area contributed by atoms with Gasteiger partial charge in [0, 0.05) is 11.0 Å². The number of nitrogens with zero attached hydrogens (tertiary/aromatic N) is 1. The molecule has 2 aromatic carbocycles. The molecule has 0 aliphatic carbocycles. The summed E-state index contributed by atoms with van der Waals surface area (Å²) in [6.45, 7) is 2.58. The Bertz CT molecular complexity index is 1020. The Morgan fingerprint density at radius 3 is 2.52 bits per heavy atom. The highest BCUT2D eigenvalue weighted by Crippen LogP contribution is 2.38. The highest BCUT2D eigenvalue weighted by Gasteiger charge is 2.42. The van der Waals surface area contributed by atoms with Gasteiger partial charge in [0.05, 0.1) is 17.0 Å². The van der Waals surface area contributed by atoms with E-state index in [0.717, 1.165) is 16.5 Å². The van der Waals surface area contributed by atoms with Crippen LogP contribution >= 0.6 is 15.9 Å². The molecule has 1 amide bonds. The Hall–Kier alpha value is -2.40. The molecule has 0 bridgehead atoms. The van der Waals surface area contributed by atoms with Crippen molar-refractivity contribution in [1.82, 2.24) is 4.90 Å². The van der Waals surface area contributed by atoms with E-state index < -0.39 is 6.04 Å². The lowest BCUT2D eigenvalue weighted by atomic mass is 9.98. The molecule has 0 radical (unpaired) electrons. The molecule has 3 aromatic rings. The minimum Gasteiger partial charge on any atom is -0.450 e. The van der Waals surface area contributed by atoms with Gasteiger partial charge in [-0.25, -0.2) is 0 Å². The minimum absolute atomic E-state index is 0.128. The number of para-hydroxylation sites is 1. The first kappa shape index (κ1) is 16.1. The lowest BCUT2D eigenvalue weighted by Gasteiger charge is -2.24. The van der Waals surface area contributed by atoms with Crippen molar-refractivity contribution in [2.45, 2.75) is 19.4 Å². The van der Waals surface area contributed by atoms with Crippen LogP contribution in [-0.4, -0.2) is 17.4 Å². The van der Waals surface area contributed by atoms with Gasteiger partial charge < -0.3 is 9.32 Å². The first-order valence-electron chi connectivity index (χ1n) is 8.24. The number of benzene rings is 2. The molecular formula is C20H16BrNO3. The second-order valence-corrected chi connectivity index (χ2v) is 7.04. The highest BCUT2D eigenvalue weighted by molar-refractivity contribution is 9.10. The zero-order valence-electron chi connectivity index (χ0n) is 13.7. The van der Waals surface area contributed by atoms with Crippen molar-refractivity contribution in [3.05, 3.63) is 80.1 Å². The number of halogens is 1. The molecule has 1 aliphatic heterocycles. The van der Waals surface area contributed by atoms with Gasteiger partial charge >= 0.3 is 0 Å². The second kappa shape index (κ2) is 6.15.